The van der Waals surface area contributed by atoms with Gasteiger partial charge in [0.05, 0.1) is 11.4 Å². The zero-order chi connectivity index (χ0) is 16.0. The summed E-state index contributed by atoms with van der Waals surface area (Å²) in [6.45, 7) is 14.1. The van der Waals surface area contributed by atoms with E-state index in [9.17, 15) is 4.79 Å². The molecule has 120 valence electrons. The van der Waals surface area contributed by atoms with E-state index >= 15 is 0 Å². The number of rotatable bonds is 8. The molecule has 1 aromatic heterocycles. The summed E-state index contributed by atoms with van der Waals surface area (Å²) in [7, 11) is 0. The molecule has 4 nitrogen and oxygen atoms in total. The minimum atomic E-state index is 0.231. The fourth-order valence-corrected chi connectivity index (χ4v) is 3.27. The van der Waals surface area contributed by atoms with E-state index in [4.69, 9.17) is 4.52 Å². The molecule has 5 heteroatoms. The van der Waals surface area contributed by atoms with Crippen LogP contribution in [0.3, 0.4) is 0 Å². The second-order valence-corrected chi connectivity index (χ2v) is 7.37. The third kappa shape index (κ3) is 6.12. The average molecular weight is 312 g/mol. The smallest absolute Gasteiger partial charge is 0.232 e. The number of carbonyl (C=O) groups is 1. The van der Waals surface area contributed by atoms with Gasteiger partial charge in [0.15, 0.2) is 0 Å². The van der Waals surface area contributed by atoms with Gasteiger partial charge in [-0.3, -0.25) is 4.79 Å². The van der Waals surface area contributed by atoms with Gasteiger partial charge in [-0.25, -0.2) is 0 Å². The summed E-state index contributed by atoms with van der Waals surface area (Å²) in [5, 5.41) is 3.94. The van der Waals surface area contributed by atoms with Crippen LogP contribution in [0.2, 0.25) is 0 Å². The number of hydrogen-bond donors (Lipinski definition) is 0. The molecule has 1 aromatic rings. The topological polar surface area (TPSA) is 46.3 Å². The van der Waals surface area contributed by atoms with Gasteiger partial charge in [0, 0.05) is 24.4 Å². The molecule has 0 aliphatic rings. The van der Waals surface area contributed by atoms with Gasteiger partial charge in [-0.1, -0.05) is 32.9 Å². The van der Waals surface area contributed by atoms with Crippen molar-refractivity contribution in [2.45, 2.75) is 47.3 Å². The summed E-state index contributed by atoms with van der Waals surface area (Å²) in [6, 6.07) is 0. The van der Waals surface area contributed by atoms with Crippen molar-refractivity contribution >= 4 is 17.7 Å². The molecule has 1 rings (SSSR count). The molecule has 0 aliphatic heterocycles. The second-order valence-electron chi connectivity index (χ2n) is 6.38. The van der Waals surface area contributed by atoms with E-state index in [-0.39, 0.29) is 5.91 Å². The lowest BCUT2D eigenvalue weighted by Gasteiger charge is -2.26. The fourth-order valence-electron chi connectivity index (χ4n) is 2.20. The van der Waals surface area contributed by atoms with Crippen LogP contribution in [0.5, 0.6) is 0 Å². The zero-order valence-corrected chi connectivity index (χ0v) is 14.9. The number of nitrogens with zero attached hydrogens (tertiary/aromatic N) is 2. The van der Waals surface area contributed by atoms with Gasteiger partial charge in [-0.15, -0.1) is 11.8 Å². The fraction of sp³-hybridized carbons (Fsp3) is 0.750. The largest absolute Gasteiger partial charge is 0.361 e. The normalized spacial score (nSPS) is 11.4. The van der Waals surface area contributed by atoms with Gasteiger partial charge in [0.2, 0.25) is 5.91 Å². The molecule has 21 heavy (non-hydrogen) atoms. The lowest BCUT2D eigenvalue weighted by molar-refractivity contribution is -0.129. The highest BCUT2D eigenvalue weighted by Crippen LogP contribution is 2.20. The predicted octanol–water partition coefficient (Wildman–Crippen LogP) is 3.67. The van der Waals surface area contributed by atoms with Crippen molar-refractivity contribution in [3.05, 3.63) is 17.0 Å². The maximum atomic E-state index is 12.4. The Morgan fingerprint density at radius 3 is 2.19 bits per heavy atom. The Labute approximate surface area is 132 Å². The van der Waals surface area contributed by atoms with Crippen LogP contribution in [0, 0.1) is 25.7 Å². The first-order valence-corrected chi connectivity index (χ1v) is 8.74. The van der Waals surface area contributed by atoms with E-state index in [1.807, 2.05) is 18.7 Å². The van der Waals surface area contributed by atoms with Crippen molar-refractivity contribution in [2.75, 3.05) is 18.8 Å². The summed E-state index contributed by atoms with van der Waals surface area (Å²) >= 11 is 1.64. The van der Waals surface area contributed by atoms with Crippen LogP contribution in [0.1, 0.15) is 44.7 Å². The number of amides is 1. The Morgan fingerprint density at radius 2 is 1.76 bits per heavy atom. The number of thioether (sulfide) groups is 1. The minimum absolute atomic E-state index is 0.231. The molecule has 0 fully saturated rings. The van der Waals surface area contributed by atoms with Crippen LogP contribution in [0.25, 0.3) is 0 Å². The first-order valence-electron chi connectivity index (χ1n) is 7.58. The number of carbonyl (C=O) groups excluding carboxylic acids is 1. The van der Waals surface area contributed by atoms with Gasteiger partial charge in [0.1, 0.15) is 5.76 Å². The van der Waals surface area contributed by atoms with Crippen molar-refractivity contribution in [1.29, 1.82) is 0 Å². The van der Waals surface area contributed by atoms with E-state index in [0.29, 0.717) is 17.6 Å². The van der Waals surface area contributed by atoms with Crippen molar-refractivity contribution in [3.8, 4) is 0 Å². The first-order chi connectivity index (χ1) is 9.81. The maximum absolute atomic E-state index is 12.4. The molecule has 0 aliphatic carbocycles. The number of hydrogen-bond acceptors (Lipinski definition) is 4. The second kappa shape index (κ2) is 8.47. The molecule has 0 atom stereocenters. The van der Waals surface area contributed by atoms with E-state index in [2.05, 4.69) is 32.9 Å². The Balaban J connectivity index is 2.49. The van der Waals surface area contributed by atoms with Crippen LogP contribution in [-0.4, -0.2) is 34.8 Å². The molecule has 0 saturated heterocycles. The number of aryl methyl sites for hydroxylation is 2. The van der Waals surface area contributed by atoms with Gasteiger partial charge in [-0.05, 0) is 25.7 Å². The first kappa shape index (κ1) is 18.1. The van der Waals surface area contributed by atoms with Crippen LogP contribution >= 0.6 is 11.8 Å². The highest BCUT2D eigenvalue weighted by molar-refractivity contribution is 7.99. The lowest BCUT2D eigenvalue weighted by atomic mass is 10.1. The highest BCUT2D eigenvalue weighted by atomic mass is 32.2. The Morgan fingerprint density at radius 1 is 1.19 bits per heavy atom. The van der Waals surface area contributed by atoms with E-state index in [0.717, 1.165) is 35.9 Å². The van der Waals surface area contributed by atoms with E-state index in [1.165, 1.54) is 0 Å². The molecule has 0 radical (unpaired) electrons. The monoisotopic (exact) mass is 312 g/mol. The Bertz CT molecular complexity index is 426. The van der Waals surface area contributed by atoms with Crippen LogP contribution in [0.15, 0.2) is 4.52 Å². The molecule has 0 aromatic carbocycles. The van der Waals surface area contributed by atoms with Crippen LogP contribution in [-0.2, 0) is 10.5 Å². The Kier molecular flexibility index (Phi) is 7.29. The van der Waals surface area contributed by atoms with Gasteiger partial charge < -0.3 is 9.42 Å². The van der Waals surface area contributed by atoms with Crippen molar-refractivity contribution in [3.63, 3.8) is 0 Å². The predicted molar refractivity (Wildman–Crippen MR) is 88.4 cm³/mol. The summed E-state index contributed by atoms with van der Waals surface area (Å²) in [4.78, 5) is 14.4. The Hall–Kier alpha value is -0.970. The summed E-state index contributed by atoms with van der Waals surface area (Å²) in [5.41, 5.74) is 2.04. The molecule has 0 spiro atoms. The van der Waals surface area contributed by atoms with E-state index < -0.39 is 0 Å². The molecule has 0 bridgehead atoms. The molecule has 0 N–H and O–H groups in total. The summed E-state index contributed by atoms with van der Waals surface area (Å²) in [5.74, 6) is 3.39. The molecule has 1 heterocycles. The molecule has 0 saturated carbocycles. The van der Waals surface area contributed by atoms with E-state index in [1.54, 1.807) is 11.8 Å². The molecule has 1 amide bonds. The highest BCUT2D eigenvalue weighted by Gasteiger charge is 2.17. The average Bonchev–Trinajstić information content (AvgIpc) is 2.68. The third-order valence-electron chi connectivity index (χ3n) is 3.18. The van der Waals surface area contributed by atoms with Crippen molar-refractivity contribution in [1.82, 2.24) is 10.1 Å². The quantitative estimate of drug-likeness (QED) is 0.735. The van der Waals surface area contributed by atoms with Gasteiger partial charge >= 0.3 is 0 Å². The summed E-state index contributed by atoms with van der Waals surface area (Å²) < 4.78 is 5.15. The lowest BCUT2D eigenvalue weighted by Crippen LogP contribution is -2.38. The standard InChI is InChI=1S/C16H28N2O2S/c1-11(2)7-18(8-12(3)4)16(19)10-21-9-15-13(5)17-20-14(15)6/h11-12H,7-10H2,1-6H3. The van der Waals surface area contributed by atoms with Gasteiger partial charge in [-0.2, -0.15) is 0 Å². The maximum Gasteiger partial charge on any atom is 0.232 e. The summed E-state index contributed by atoms with van der Waals surface area (Å²) in [6.07, 6.45) is 0. The molecular weight excluding hydrogens is 284 g/mol. The van der Waals surface area contributed by atoms with Crippen molar-refractivity contribution < 1.29 is 9.32 Å². The SMILES string of the molecule is Cc1noc(C)c1CSCC(=O)N(CC(C)C)CC(C)C. The molecular formula is C16H28N2O2S. The minimum Gasteiger partial charge on any atom is -0.361 e. The zero-order valence-electron chi connectivity index (χ0n) is 14.1. The van der Waals surface area contributed by atoms with Crippen molar-refractivity contribution in [2.24, 2.45) is 11.8 Å². The number of aromatic nitrogens is 1. The van der Waals surface area contributed by atoms with Crippen LogP contribution in [0.4, 0.5) is 0 Å². The van der Waals surface area contributed by atoms with Crippen LogP contribution < -0.4 is 0 Å². The van der Waals surface area contributed by atoms with Gasteiger partial charge in [0.25, 0.3) is 0 Å². The third-order valence-corrected chi connectivity index (χ3v) is 4.12. The molecule has 0 unspecified atom stereocenters.